The van der Waals surface area contributed by atoms with E-state index in [2.05, 4.69) is 46.8 Å². The summed E-state index contributed by atoms with van der Waals surface area (Å²) in [7, 11) is 0. The minimum absolute atomic E-state index is 0.00907. The van der Waals surface area contributed by atoms with Crippen molar-refractivity contribution in [2.24, 2.45) is 23.2 Å². The number of carbonyl (C=O) groups is 3. The lowest BCUT2D eigenvalue weighted by atomic mass is 9.74. The molecule has 1 N–H and O–H groups in total. The van der Waals surface area contributed by atoms with Crippen molar-refractivity contribution in [1.82, 2.24) is 9.80 Å². The lowest BCUT2D eigenvalue weighted by Crippen LogP contribution is -2.61. The molecule has 6 atom stereocenters. The van der Waals surface area contributed by atoms with Gasteiger partial charge in [0, 0.05) is 16.8 Å². The van der Waals surface area contributed by atoms with Gasteiger partial charge in [-0.25, -0.2) is 0 Å². The Bertz CT molecular complexity index is 1030. The van der Waals surface area contributed by atoms with Crippen LogP contribution in [0.15, 0.2) is 24.3 Å². The molecule has 4 heterocycles. The Morgan fingerprint density at radius 3 is 2.37 bits per heavy atom. The number of amides is 2. The van der Waals surface area contributed by atoms with Gasteiger partial charge in [-0.2, -0.15) is 0 Å². The van der Waals surface area contributed by atoms with Crippen molar-refractivity contribution in [2.45, 2.75) is 102 Å². The third-order valence-corrected chi connectivity index (χ3v) is 10.5. The first-order chi connectivity index (χ1) is 17.6. The smallest absolute Gasteiger partial charge is 0.311 e. The Balaban J connectivity index is 1.90. The quantitative estimate of drug-likeness (QED) is 0.411. The van der Waals surface area contributed by atoms with E-state index in [1.54, 1.807) is 16.7 Å². The number of esters is 1. The highest BCUT2D eigenvalue weighted by Gasteiger charge is 2.74. The van der Waals surface area contributed by atoms with E-state index < -0.39 is 39.0 Å². The molecule has 2 saturated heterocycles. The van der Waals surface area contributed by atoms with Gasteiger partial charge in [-0.1, -0.05) is 58.9 Å². The van der Waals surface area contributed by atoms with Crippen molar-refractivity contribution in [3.8, 4) is 0 Å². The number of rotatable bonds is 5. The van der Waals surface area contributed by atoms with Gasteiger partial charge in [0.1, 0.15) is 6.04 Å². The van der Waals surface area contributed by atoms with Crippen LogP contribution in [0.3, 0.4) is 0 Å². The van der Waals surface area contributed by atoms with Gasteiger partial charge >= 0.3 is 5.97 Å². The van der Waals surface area contributed by atoms with E-state index >= 15 is 0 Å². The fourth-order valence-corrected chi connectivity index (χ4v) is 9.63. The van der Waals surface area contributed by atoms with Gasteiger partial charge < -0.3 is 19.6 Å². The number of allylic oxidation sites excluding steroid dienone is 1. The molecule has 0 radical (unpaired) electrons. The van der Waals surface area contributed by atoms with Crippen LogP contribution in [0.1, 0.15) is 74.7 Å². The molecule has 1 spiro atoms. The average molecular weight is 547 g/mol. The predicted molar refractivity (Wildman–Crippen MR) is 150 cm³/mol. The molecule has 0 aromatic carbocycles. The minimum atomic E-state index is -0.939. The van der Waals surface area contributed by atoms with E-state index in [4.69, 9.17) is 4.74 Å². The monoisotopic (exact) mass is 546 g/mol. The zero-order valence-electron chi connectivity index (χ0n) is 24.3. The van der Waals surface area contributed by atoms with Gasteiger partial charge in [-0.3, -0.25) is 14.4 Å². The number of ether oxygens (including phenoxy) is 1. The number of hydrogen-bond donors (Lipinski definition) is 1. The third-order valence-electron chi connectivity index (χ3n) is 8.70. The second-order valence-corrected chi connectivity index (χ2v) is 15.6. The van der Waals surface area contributed by atoms with Crippen LogP contribution in [-0.4, -0.2) is 79.6 Å². The summed E-state index contributed by atoms with van der Waals surface area (Å²) in [6.45, 7) is 17.1. The van der Waals surface area contributed by atoms with Crippen LogP contribution < -0.4 is 0 Å². The Morgan fingerprint density at radius 1 is 1.08 bits per heavy atom. The number of thioether (sulfide) groups is 1. The van der Waals surface area contributed by atoms with E-state index in [-0.39, 0.29) is 35.7 Å². The van der Waals surface area contributed by atoms with E-state index in [0.717, 1.165) is 19.3 Å². The molecule has 0 saturated carbocycles. The molecule has 0 aromatic rings. The van der Waals surface area contributed by atoms with E-state index in [1.807, 2.05) is 37.8 Å². The first-order valence-corrected chi connectivity index (χ1v) is 14.9. The second-order valence-electron chi connectivity index (χ2n) is 13.8. The van der Waals surface area contributed by atoms with E-state index in [1.165, 1.54) is 0 Å². The molecule has 8 heteroatoms. The highest BCUT2D eigenvalue weighted by atomic mass is 32.2. The second kappa shape index (κ2) is 9.99. The number of aliphatic hydroxyl groups is 1. The number of fused-ring (bicyclic) bond motifs is 2. The molecule has 4 aliphatic rings. The van der Waals surface area contributed by atoms with Gasteiger partial charge in [-0.15, -0.1) is 11.8 Å². The lowest BCUT2D eigenvalue weighted by molar-refractivity contribution is -0.155. The molecule has 4 aliphatic heterocycles. The number of carbonyl (C=O) groups excluding carboxylic acids is 3. The van der Waals surface area contributed by atoms with Crippen molar-refractivity contribution in [3.63, 3.8) is 0 Å². The molecule has 212 valence electrons. The molecule has 7 nitrogen and oxygen atoms in total. The van der Waals surface area contributed by atoms with Crippen molar-refractivity contribution >= 4 is 29.5 Å². The molecule has 2 fully saturated rings. The maximum absolute atomic E-state index is 14.7. The number of nitrogens with zero attached hydrogens (tertiary/aromatic N) is 2. The van der Waals surface area contributed by atoms with Crippen LogP contribution in [0.5, 0.6) is 0 Å². The third kappa shape index (κ3) is 4.74. The van der Waals surface area contributed by atoms with Gasteiger partial charge in [0.15, 0.2) is 0 Å². The summed E-state index contributed by atoms with van der Waals surface area (Å²) >= 11 is 1.56. The summed E-state index contributed by atoms with van der Waals surface area (Å²) in [4.78, 5) is 46.4. The minimum Gasteiger partial charge on any atom is -0.465 e. The Kier molecular flexibility index (Phi) is 7.67. The van der Waals surface area contributed by atoms with E-state index in [9.17, 15) is 19.5 Å². The Labute approximate surface area is 232 Å². The predicted octanol–water partition coefficient (Wildman–Crippen LogP) is 4.20. The largest absolute Gasteiger partial charge is 0.465 e. The van der Waals surface area contributed by atoms with Crippen LogP contribution in [0.25, 0.3) is 0 Å². The maximum atomic E-state index is 14.7. The zero-order chi connectivity index (χ0) is 28.3. The van der Waals surface area contributed by atoms with Crippen LogP contribution in [0.4, 0.5) is 0 Å². The summed E-state index contributed by atoms with van der Waals surface area (Å²) in [6.07, 6.45) is 10.5. The molecular weight excluding hydrogens is 500 g/mol. The fourth-order valence-electron chi connectivity index (χ4n) is 7.49. The van der Waals surface area contributed by atoms with Crippen LogP contribution in [0.2, 0.25) is 0 Å². The molecule has 2 amide bonds. The van der Waals surface area contributed by atoms with Crippen molar-refractivity contribution < 1.29 is 24.2 Å². The van der Waals surface area contributed by atoms with E-state index in [0.29, 0.717) is 13.2 Å². The van der Waals surface area contributed by atoms with Crippen molar-refractivity contribution in [1.29, 1.82) is 0 Å². The van der Waals surface area contributed by atoms with Gasteiger partial charge in [-0.05, 0) is 51.4 Å². The molecule has 0 bridgehead atoms. The van der Waals surface area contributed by atoms with Gasteiger partial charge in [0.05, 0.1) is 35.8 Å². The normalized spacial score (nSPS) is 35.6. The summed E-state index contributed by atoms with van der Waals surface area (Å²) in [5.41, 5.74) is -0.471. The first-order valence-electron chi connectivity index (χ1n) is 14.1. The molecule has 1 unspecified atom stereocenters. The molecule has 4 rings (SSSR count). The van der Waals surface area contributed by atoms with Gasteiger partial charge in [0.25, 0.3) is 0 Å². The van der Waals surface area contributed by atoms with Gasteiger partial charge in [0.2, 0.25) is 11.8 Å². The number of cyclic esters (lactones) is 1. The van der Waals surface area contributed by atoms with Crippen LogP contribution in [0, 0.1) is 23.2 Å². The zero-order valence-corrected chi connectivity index (χ0v) is 25.1. The summed E-state index contributed by atoms with van der Waals surface area (Å²) < 4.78 is 4.07. The number of aliphatic hydroxyl groups excluding tert-OH is 1. The molecular formula is C30H46N2O5S. The maximum Gasteiger partial charge on any atom is 0.311 e. The number of hydrogen-bond acceptors (Lipinski definition) is 6. The fraction of sp³-hybridized carbons (Fsp3) is 0.767. The summed E-state index contributed by atoms with van der Waals surface area (Å²) in [5, 5.41) is 10.5. The van der Waals surface area contributed by atoms with Crippen LogP contribution in [-0.2, 0) is 19.1 Å². The van der Waals surface area contributed by atoms with Crippen LogP contribution >= 0.6 is 11.8 Å². The SMILES string of the molecule is CC(C)[C@H](CO)N1C(=O)[C@@H]2[C@@H]3C(=O)OCCC/C=C\[C@]3(C)S[C@@]23C=CCN(C(C)(C)CC(C)(C)C)C(=O)C13. The average Bonchev–Trinajstić information content (AvgIpc) is 3.12. The standard InChI is InChI=1S/C30H46N2O5S/c1-19(2)20(17-33)32-23-25(35)31(28(6,7)18-27(3,4)5)15-12-14-30(23)21(24(32)34)22-26(36)37-16-11-9-10-13-29(22,8)38-30/h10,12-14,19-23,33H,9,11,15-18H2,1-8H3/b13-10-/t20-,21-,22+,23?,29-,30-/m0/s1. The summed E-state index contributed by atoms with van der Waals surface area (Å²) in [5.74, 6) is -2.26. The summed E-state index contributed by atoms with van der Waals surface area (Å²) in [6, 6.07) is -1.36. The topological polar surface area (TPSA) is 87.2 Å². The molecule has 0 aromatic heterocycles. The molecule has 38 heavy (non-hydrogen) atoms. The van der Waals surface area contributed by atoms with Crippen molar-refractivity contribution in [2.75, 3.05) is 19.8 Å². The highest BCUT2D eigenvalue weighted by molar-refractivity contribution is 8.02. The number of likely N-dealkylation sites (tertiary alicyclic amines) is 1. The lowest BCUT2D eigenvalue weighted by Gasteiger charge is -2.46. The Morgan fingerprint density at radius 2 is 1.76 bits per heavy atom. The highest BCUT2D eigenvalue weighted by Crippen LogP contribution is 2.65. The first kappa shape index (κ1) is 29.2. The van der Waals surface area contributed by atoms with Crippen molar-refractivity contribution in [3.05, 3.63) is 24.3 Å². The molecule has 0 aliphatic carbocycles. The Hall–Kier alpha value is -1.80.